The zero-order valence-electron chi connectivity index (χ0n) is 14.3. The molecule has 4 rings (SSSR count). The van der Waals surface area contributed by atoms with Crippen LogP contribution in [-0.2, 0) is 0 Å². The van der Waals surface area contributed by atoms with E-state index in [1.807, 2.05) is 55.5 Å². The predicted molar refractivity (Wildman–Crippen MR) is 114 cm³/mol. The monoisotopic (exact) mass is 439 g/mol. The van der Waals surface area contributed by atoms with E-state index in [4.69, 9.17) is 4.42 Å². The van der Waals surface area contributed by atoms with Gasteiger partial charge in [-0.05, 0) is 36.8 Å². The highest BCUT2D eigenvalue weighted by atomic mass is 79.9. The number of rotatable bonds is 4. The lowest BCUT2D eigenvalue weighted by Crippen LogP contribution is -2.01. The minimum absolute atomic E-state index is 0.376. The minimum Gasteiger partial charge on any atom is -0.422 e. The maximum atomic E-state index is 12.3. The Morgan fingerprint density at radius 2 is 1.96 bits per heavy atom. The maximum absolute atomic E-state index is 12.3. The molecule has 0 radical (unpaired) electrons. The fourth-order valence-electron chi connectivity index (χ4n) is 2.57. The molecular weight excluding hydrogens is 426 g/mol. The Labute approximate surface area is 167 Å². The zero-order chi connectivity index (χ0) is 18.8. The van der Waals surface area contributed by atoms with Crippen molar-refractivity contribution in [2.45, 2.75) is 6.92 Å². The van der Waals surface area contributed by atoms with Gasteiger partial charge < -0.3 is 4.42 Å². The number of hydrogen-bond acceptors (Lipinski definition) is 6. The summed E-state index contributed by atoms with van der Waals surface area (Å²) < 4.78 is 6.41. The number of nitrogens with zero attached hydrogens (tertiary/aromatic N) is 2. The van der Waals surface area contributed by atoms with Gasteiger partial charge in [0.05, 0.1) is 16.2 Å². The van der Waals surface area contributed by atoms with E-state index >= 15 is 0 Å². The van der Waals surface area contributed by atoms with Crippen LogP contribution in [0.2, 0.25) is 0 Å². The third-order valence-corrected chi connectivity index (χ3v) is 5.46. The predicted octanol–water partition coefficient (Wildman–Crippen LogP) is 5.52. The molecule has 0 fully saturated rings. The number of para-hydroxylation sites is 1. The fourth-order valence-corrected chi connectivity index (χ4v) is 3.60. The van der Waals surface area contributed by atoms with Crippen molar-refractivity contribution in [2.75, 3.05) is 5.43 Å². The quantitative estimate of drug-likeness (QED) is 0.258. The number of benzene rings is 2. The van der Waals surface area contributed by atoms with E-state index in [0.717, 1.165) is 26.0 Å². The number of thiazole rings is 1. The number of fused-ring (bicyclic) bond motifs is 1. The summed E-state index contributed by atoms with van der Waals surface area (Å²) in [4.78, 5) is 17.3. The smallest absolute Gasteiger partial charge is 0.345 e. The summed E-state index contributed by atoms with van der Waals surface area (Å²) in [6.45, 7) is 1.92. The highest BCUT2D eigenvalue weighted by Gasteiger charge is 2.11. The molecule has 0 bridgehead atoms. The van der Waals surface area contributed by atoms with Crippen LogP contribution in [-0.4, -0.2) is 10.7 Å². The van der Waals surface area contributed by atoms with Gasteiger partial charge in [0.1, 0.15) is 5.58 Å². The summed E-state index contributed by atoms with van der Waals surface area (Å²) in [5, 5.41) is 5.85. The van der Waals surface area contributed by atoms with Gasteiger partial charge in [0.15, 0.2) is 0 Å². The highest BCUT2D eigenvalue weighted by molar-refractivity contribution is 9.10. The summed E-state index contributed by atoms with van der Waals surface area (Å²) >= 11 is 4.77. The van der Waals surface area contributed by atoms with Crippen molar-refractivity contribution >= 4 is 49.1 Å². The Kier molecular flexibility index (Phi) is 4.87. The second-order valence-corrected chi connectivity index (χ2v) is 7.78. The van der Waals surface area contributed by atoms with Crippen molar-refractivity contribution in [3.63, 3.8) is 0 Å². The molecule has 0 amide bonds. The second-order valence-electron chi connectivity index (χ2n) is 5.83. The van der Waals surface area contributed by atoms with Crippen LogP contribution < -0.4 is 11.1 Å². The van der Waals surface area contributed by atoms with Gasteiger partial charge in [-0.25, -0.2) is 9.78 Å². The molecule has 4 aromatic rings. The van der Waals surface area contributed by atoms with E-state index in [0.29, 0.717) is 16.3 Å². The van der Waals surface area contributed by atoms with Crippen LogP contribution in [0.25, 0.3) is 21.4 Å². The number of anilines is 1. The number of hydrogen-bond donors (Lipinski definition) is 1. The van der Waals surface area contributed by atoms with Crippen LogP contribution in [0.15, 0.2) is 79.6 Å². The first-order valence-corrected chi connectivity index (χ1v) is 9.76. The normalized spacial score (nSPS) is 11.7. The van der Waals surface area contributed by atoms with Gasteiger partial charge in [-0.15, -0.1) is 0 Å². The van der Waals surface area contributed by atoms with Crippen LogP contribution in [0, 0.1) is 0 Å². The zero-order valence-corrected chi connectivity index (χ0v) is 16.7. The lowest BCUT2D eigenvalue weighted by atomic mass is 10.1. The Morgan fingerprint density at radius 1 is 1.19 bits per heavy atom. The third-order valence-electron chi connectivity index (χ3n) is 3.99. The Morgan fingerprint density at radius 3 is 2.78 bits per heavy atom. The Hall–Kier alpha value is -2.77. The molecule has 2 aromatic heterocycles. The molecule has 0 aliphatic rings. The van der Waals surface area contributed by atoms with Crippen LogP contribution in [0.3, 0.4) is 0 Å². The number of halogens is 1. The van der Waals surface area contributed by atoms with Gasteiger partial charge in [0.2, 0.25) is 5.13 Å². The second kappa shape index (κ2) is 7.46. The van der Waals surface area contributed by atoms with E-state index < -0.39 is 0 Å². The van der Waals surface area contributed by atoms with Crippen molar-refractivity contribution in [2.24, 2.45) is 5.10 Å². The molecule has 27 heavy (non-hydrogen) atoms. The van der Waals surface area contributed by atoms with Crippen LogP contribution in [0.1, 0.15) is 12.5 Å². The first-order valence-electron chi connectivity index (χ1n) is 8.15. The van der Waals surface area contributed by atoms with Gasteiger partial charge >= 0.3 is 5.63 Å². The standard InChI is InChI=1S/C20H14BrN3O2S/c1-12(13-6-8-15(21)9-7-13)23-24-20-22-11-18(27-20)16-10-14-4-2-3-5-17(14)26-19(16)25/h2-11H,1H3,(H,22,24). The summed E-state index contributed by atoms with van der Waals surface area (Å²) in [6.07, 6.45) is 1.65. The van der Waals surface area contributed by atoms with Crippen LogP contribution in [0.5, 0.6) is 0 Å². The summed E-state index contributed by atoms with van der Waals surface area (Å²) in [6, 6.07) is 17.2. The summed E-state index contributed by atoms with van der Waals surface area (Å²) in [5.41, 5.74) is 5.49. The van der Waals surface area contributed by atoms with Crippen molar-refractivity contribution < 1.29 is 4.42 Å². The van der Waals surface area contributed by atoms with Gasteiger partial charge in [0, 0.05) is 16.1 Å². The first-order chi connectivity index (χ1) is 13.1. The molecule has 0 saturated carbocycles. The average Bonchev–Trinajstić information content (AvgIpc) is 3.15. The Bertz CT molecular complexity index is 1200. The summed E-state index contributed by atoms with van der Waals surface area (Å²) in [5.74, 6) is 0. The number of hydrazone groups is 1. The highest BCUT2D eigenvalue weighted by Crippen LogP contribution is 2.28. The molecule has 0 aliphatic heterocycles. The van der Waals surface area contributed by atoms with Crippen LogP contribution >= 0.6 is 27.3 Å². The van der Waals surface area contributed by atoms with Gasteiger partial charge in [-0.1, -0.05) is 57.6 Å². The maximum Gasteiger partial charge on any atom is 0.345 e. The van der Waals surface area contributed by atoms with Gasteiger partial charge in [-0.2, -0.15) is 5.10 Å². The number of aromatic nitrogens is 1. The molecule has 0 atom stereocenters. The van der Waals surface area contributed by atoms with Gasteiger partial charge in [-0.3, -0.25) is 5.43 Å². The van der Waals surface area contributed by atoms with E-state index in [2.05, 4.69) is 31.4 Å². The fraction of sp³-hybridized carbons (Fsp3) is 0.0500. The topological polar surface area (TPSA) is 67.5 Å². The van der Waals surface area contributed by atoms with Crippen molar-refractivity contribution in [3.05, 3.63) is 81.3 Å². The summed E-state index contributed by atoms with van der Waals surface area (Å²) in [7, 11) is 0. The molecule has 0 saturated heterocycles. The van der Waals surface area contributed by atoms with Crippen molar-refractivity contribution in [3.8, 4) is 10.4 Å². The Balaban J connectivity index is 1.58. The largest absolute Gasteiger partial charge is 0.422 e. The molecule has 134 valence electrons. The van der Waals surface area contributed by atoms with Crippen molar-refractivity contribution in [1.29, 1.82) is 0 Å². The van der Waals surface area contributed by atoms with E-state index in [1.54, 1.807) is 12.3 Å². The first kappa shape index (κ1) is 17.6. The molecular formula is C20H14BrN3O2S. The average molecular weight is 440 g/mol. The van der Waals surface area contributed by atoms with E-state index in [9.17, 15) is 4.79 Å². The SMILES string of the molecule is CC(=NNc1ncc(-c2cc3ccccc3oc2=O)s1)c1ccc(Br)cc1. The third kappa shape index (κ3) is 3.84. The molecule has 5 nitrogen and oxygen atoms in total. The van der Waals surface area contributed by atoms with E-state index in [1.165, 1.54) is 11.3 Å². The van der Waals surface area contributed by atoms with E-state index in [-0.39, 0.29) is 5.63 Å². The lowest BCUT2D eigenvalue weighted by molar-refractivity contribution is 0.563. The van der Waals surface area contributed by atoms with Gasteiger partial charge in [0.25, 0.3) is 0 Å². The minimum atomic E-state index is -0.376. The molecule has 0 aliphatic carbocycles. The van der Waals surface area contributed by atoms with Crippen molar-refractivity contribution in [1.82, 2.24) is 4.98 Å². The molecule has 7 heteroatoms. The number of nitrogens with one attached hydrogen (secondary N) is 1. The lowest BCUT2D eigenvalue weighted by Gasteiger charge is -2.01. The molecule has 2 aromatic carbocycles. The molecule has 0 spiro atoms. The molecule has 1 N–H and O–H groups in total. The molecule has 0 unspecified atom stereocenters. The molecule has 2 heterocycles. The van der Waals surface area contributed by atoms with Crippen LogP contribution in [0.4, 0.5) is 5.13 Å².